The maximum Gasteiger partial charge on any atom is 0.150 e. The number of hydrogen-bond donors (Lipinski definition) is 0. The topological polar surface area (TPSA) is 56.3 Å². The van der Waals surface area contributed by atoms with Crippen molar-refractivity contribution in [2.75, 3.05) is 26.2 Å². The van der Waals surface area contributed by atoms with Crippen molar-refractivity contribution in [3.8, 4) is 6.07 Å². The molecular formula is C17H20N4O. The molecule has 0 aliphatic carbocycles. The van der Waals surface area contributed by atoms with Gasteiger partial charge in [-0.05, 0) is 24.6 Å². The number of hydrogen-bond acceptors (Lipinski definition) is 5. The fraction of sp³-hybridized carbons (Fsp3) is 0.412. The average Bonchev–Trinajstić information content (AvgIpc) is 2.95. The van der Waals surface area contributed by atoms with Crippen LogP contribution in [0, 0.1) is 18.3 Å². The van der Waals surface area contributed by atoms with Crippen LogP contribution in [-0.4, -0.2) is 41.1 Å². The third-order valence-corrected chi connectivity index (χ3v) is 4.01. The van der Waals surface area contributed by atoms with Crippen LogP contribution in [0.5, 0.6) is 0 Å². The van der Waals surface area contributed by atoms with Crippen molar-refractivity contribution < 1.29 is 4.52 Å². The molecule has 1 saturated heterocycles. The number of nitrogens with zero attached hydrogens (tertiary/aromatic N) is 4. The second kappa shape index (κ2) is 6.73. The van der Waals surface area contributed by atoms with E-state index < -0.39 is 0 Å². The summed E-state index contributed by atoms with van der Waals surface area (Å²) in [4.78, 5) is 4.85. The summed E-state index contributed by atoms with van der Waals surface area (Å²) >= 11 is 0. The van der Waals surface area contributed by atoms with Gasteiger partial charge in [0.2, 0.25) is 0 Å². The highest BCUT2D eigenvalue weighted by Crippen LogP contribution is 2.12. The summed E-state index contributed by atoms with van der Waals surface area (Å²) in [5.74, 6) is 0.943. The van der Waals surface area contributed by atoms with Crippen LogP contribution < -0.4 is 0 Å². The van der Waals surface area contributed by atoms with Crippen LogP contribution in [0.15, 0.2) is 34.9 Å². The first-order valence-corrected chi connectivity index (χ1v) is 7.59. The molecule has 1 aliphatic rings. The van der Waals surface area contributed by atoms with Crippen LogP contribution in [0.1, 0.15) is 22.6 Å². The van der Waals surface area contributed by atoms with Crippen LogP contribution in [-0.2, 0) is 13.1 Å². The monoisotopic (exact) mass is 296 g/mol. The molecule has 5 heteroatoms. The molecule has 0 atom stereocenters. The summed E-state index contributed by atoms with van der Waals surface area (Å²) in [7, 11) is 0. The molecule has 0 saturated carbocycles. The lowest BCUT2D eigenvalue weighted by atomic mass is 10.1. The first-order valence-electron chi connectivity index (χ1n) is 7.59. The minimum absolute atomic E-state index is 0.718. The zero-order valence-electron chi connectivity index (χ0n) is 12.8. The predicted molar refractivity (Wildman–Crippen MR) is 83.0 cm³/mol. The minimum atomic E-state index is 0.718. The lowest BCUT2D eigenvalue weighted by Gasteiger charge is -2.34. The number of rotatable bonds is 4. The Morgan fingerprint density at radius 2 is 1.73 bits per heavy atom. The standard InChI is InChI=1S/C17H20N4O/c1-14-10-17(22-19-14)13-21-8-6-20(7-9-21)12-16-4-2-15(11-18)3-5-16/h2-5,10H,6-9,12-13H2,1H3. The number of nitriles is 1. The molecule has 5 nitrogen and oxygen atoms in total. The van der Waals surface area contributed by atoms with Gasteiger partial charge in [0, 0.05) is 38.8 Å². The number of aromatic nitrogens is 1. The van der Waals surface area contributed by atoms with E-state index >= 15 is 0 Å². The van der Waals surface area contributed by atoms with Crippen molar-refractivity contribution in [3.05, 3.63) is 52.9 Å². The molecule has 3 rings (SSSR count). The van der Waals surface area contributed by atoms with Crippen LogP contribution in [0.4, 0.5) is 0 Å². The van der Waals surface area contributed by atoms with E-state index in [-0.39, 0.29) is 0 Å². The van der Waals surface area contributed by atoms with Gasteiger partial charge in [-0.3, -0.25) is 9.80 Å². The van der Waals surface area contributed by atoms with E-state index in [1.54, 1.807) is 0 Å². The molecule has 0 amide bonds. The molecule has 1 aliphatic heterocycles. The molecule has 1 aromatic carbocycles. The molecule has 2 aromatic rings. The van der Waals surface area contributed by atoms with Gasteiger partial charge >= 0.3 is 0 Å². The molecule has 2 heterocycles. The van der Waals surface area contributed by atoms with Crippen molar-refractivity contribution in [3.63, 3.8) is 0 Å². The first kappa shape index (κ1) is 14.8. The Balaban J connectivity index is 1.48. The lowest BCUT2D eigenvalue weighted by Crippen LogP contribution is -2.45. The quantitative estimate of drug-likeness (QED) is 0.865. The van der Waals surface area contributed by atoms with Crippen molar-refractivity contribution in [2.45, 2.75) is 20.0 Å². The highest BCUT2D eigenvalue weighted by molar-refractivity contribution is 5.31. The third kappa shape index (κ3) is 3.73. The van der Waals surface area contributed by atoms with Gasteiger partial charge < -0.3 is 4.52 Å². The first-order chi connectivity index (χ1) is 10.7. The van der Waals surface area contributed by atoms with E-state index in [0.717, 1.165) is 56.3 Å². The summed E-state index contributed by atoms with van der Waals surface area (Å²) in [6.45, 7) is 7.90. The van der Waals surface area contributed by atoms with Gasteiger partial charge in [-0.25, -0.2) is 0 Å². The van der Waals surface area contributed by atoms with Crippen LogP contribution in [0.25, 0.3) is 0 Å². The summed E-state index contributed by atoms with van der Waals surface area (Å²) in [6, 6.07) is 12.0. The van der Waals surface area contributed by atoms with Gasteiger partial charge in [0.1, 0.15) is 0 Å². The van der Waals surface area contributed by atoms with E-state index in [2.05, 4.69) is 21.0 Å². The Morgan fingerprint density at radius 3 is 2.27 bits per heavy atom. The van der Waals surface area contributed by atoms with Crippen molar-refractivity contribution in [2.24, 2.45) is 0 Å². The zero-order chi connectivity index (χ0) is 15.4. The minimum Gasteiger partial charge on any atom is -0.360 e. The molecule has 0 N–H and O–H groups in total. The van der Waals surface area contributed by atoms with Crippen LogP contribution >= 0.6 is 0 Å². The Hall–Kier alpha value is -2.16. The average molecular weight is 296 g/mol. The highest BCUT2D eigenvalue weighted by Gasteiger charge is 2.18. The van der Waals surface area contributed by atoms with Crippen LogP contribution in [0.3, 0.4) is 0 Å². The summed E-state index contributed by atoms with van der Waals surface area (Å²) in [5, 5.41) is 12.8. The molecule has 0 spiro atoms. The second-order valence-electron chi connectivity index (χ2n) is 5.80. The Bertz CT molecular complexity index is 648. The normalized spacial score (nSPS) is 16.5. The third-order valence-electron chi connectivity index (χ3n) is 4.01. The highest BCUT2D eigenvalue weighted by atomic mass is 16.5. The summed E-state index contributed by atoms with van der Waals surface area (Å²) < 4.78 is 5.28. The fourth-order valence-corrected chi connectivity index (χ4v) is 2.76. The van der Waals surface area contributed by atoms with E-state index in [1.807, 2.05) is 37.3 Å². The Labute approximate surface area is 130 Å². The molecule has 114 valence electrons. The summed E-state index contributed by atoms with van der Waals surface area (Å²) in [5.41, 5.74) is 2.92. The molecule has 1 aromatic heterocycles. The van der Waals surface area contributed by atoms with Gasteiger partial charge in [0.05, 0.1) is 23.9 Å². The lowest BCUT2D eigenvalue weighted by molar-refractivity contribution is 0.113. The largest absolute Gasteiger partial charge is 0.360 e. The smallest absolute Gasteiger partial charge is 0.150 e. The van der Waals surface area contributed by atoms with Gasteiger partial charge in [-0.1, -0.05) is 17.3 Å². The Kier molecular flexibility index (Phi) is 4.52. The van der Waals surface area contributed by atoms with Gasteiger partial charge in [-0.2, -0.15) is 5.26 Å². The van der Waals surface area contributed by atoms with Gasteiger partial charge in [0.25, 0.3) is 0 Å². The van der Waals surface area contributed by atoms with Crippen LogP contribution in [0.2, 0.25) is 0 Å². The molecule has 1 fully saturated rings. The van der Waals surface area contributed by atoms with E-state index in [0.29, 0.717) is 0 Å². The number of piperazine rings is 1. The van der Waals surface area contributed by atoms with E-state index in [4.69, 9.17) is 9.78 Å². The SMILES string of the molecule is Cc1cc(CN2CCN(Cc3ccc(C#N)cc3)CC2)on1. The molecule has 0 bridgehead atoms. The Morgan fingerprint density at radius 1 is 1.09 bits per heavy atom. The van der Waals surface area contributed by atoms with Gasteiger partial charge in [0.15, 0.2) is 5.76 Å². The fourth-order valence-electron chi connectivity index (χ4n) is 2.76. The van der Waals surface area contributed by atoms with Crippen molar-refractivity contribution >= 4 is 0 Å². The number of aryl methyl sites for hydroxylation is 1. The zero-order valence-corrected chi connectivity index (χ0v) is 12.8. The number of benzene rings is 1. The molecule has 22 heavy (non-hydrogen) atoms. The maximum atomic E-state index is 8.82. The maximum absolute atomic E-state index is 8.82. The van der Waals surface area contributed by atoms with E-state index in [1.165, 1.54) is 5.56 Å². The molecule has 0 unspecified atom stereocenters. The molecular weight excluding hydrogens is 276 g/mol. The van der Waals surface area contributed by atoms with Crippen molar-refractivity contribution in [1.82, 2.24) is 15.0 Å². The summed E-state index contributed by atoms with van der Waals surface area (Å²) in [6.07, 6.45) is 0. The molecule has 0 radical (unpaired) electrons. The van der Waals surface area contributed by atoms with Gasteiger partial charge in [-0.15, -0.1) is 0 Å². The van der Waals surface area contributed by atoms with E-state index in [9.17, 15) is 0 Å². The predicted octanol–water partition coefficient (Wildman–Crippen LogP) is 2.17. The second-order valence-corrected chi connectivity index (χ2v) is 5.80. The van der Waals surface area contributed by atoms with Crippen molar-refractivity contribution in [1.29, 1.82) is 5.26 Å².